The summed E-state index contributed by atoms with van der Waals surface area (Å²) in [5.74, 6) is -0.949. The van der Waals surface area contributed by atoms with E-state index in [4.69, 9.17) is 4.74 Å². The minimum Gasteiger partial charge on any atom is -0.493 e. The molecule has 96 valence electrons. The van der Waals surface area contributed by atoms with Crippen LogP contribution < -0.4 is 4.74 Å². The van der Waals surface area contributed by atoms with E-state index in [0.29, 0.717) is 0 Å². The van der Waals surface area contributed by atoms with Gasteiger partial charge >= 0.3 is 0 Å². The van der Waals surface area contributed by atoms with E-state index >= 15 is 0 Å². The molecule has 1 rings (SSSR count). The number of hydrogen-bond acceptors (Lipinski definition) is 2. The summed E-state index contributed by atoms with van der Waals surface area (Å²) in [6, 6.07) is 1.92. The summed E-state index contributed by atoms with van der Waals surface area (Å²) >= 11 is 0. The molecule has 0 bridgehead atoms. The van der Waals surface area contributed by atoms with Crippen LogP contribution in [0, 0.1) is 5.82 Å². The number of methoxy groups -OCH3 is 1. The molecule has 0 saturated carbocycles. The van der Waals surface area contributed by atoms with Gasteiger partial charge in [0.25, 0.3) is 6.43 Å². The highest BCUT2D eigenvalue weighted by atomic mass is 19.3. The summed E-state index contributed by atoms with van der Waals surface area (Å²) < 4.78 is 43.6. The molecule has 1 aromatic carbocycles. The zero-order valence-electron chi connectivity index (χ0n) is 9.93. The Kier molecular flexibility index (Phi) is 4.03. The Morgan fingerprint density at radius 2 is 1.94 bits per heavy atom. The van der Waals surface area contributed by atoms with Gasteiger partial charge in [-0.15, -0.1) is 0 Å². The van der Waals surface area contributed by atoms with Gasteiger partial charge in [-0.3, -0.25) is 0 Å². The van der Waals surface area contributed by atoms with Crippen molar-refractivity contribution >= 4 is 0 Å². The SMILES string of the molecule is COc1c(F)cc(C(F)F)cc1C(C)(C)CO. The summed E-state index contributed by atoms with van der Waals surface area (Å²) in [5, 5.41) is 9.22. The van der Waals surface area contributed by atoms with E-state index in [9.17, 15) is 18.3 Å². The van der Waals surface area contributed by atoms with E-state index in [1.165, 1.54) is 13.2 Å². The van der Waals surface area contributed by atoms with E-state index < -0.39 is 23.2 Å². The number of hydrogen-bond donors (Lipinski definition) is 1. The molecule has 0 aliphatic rings. The van der Waals surface area contributed by atoms with Gasteiger partial charge in [0.1, 0.15) is 0 Å². The fourth-order valence-electron chi connectivity index (χ4n) is 1.54. The van der Waals surface area contributed by atoms with Gasteiger partial charge in [-0.1, -0.05) is 13.8 Å². The van der Waals surface area contributed by atoms with Gasteiger partial charge in [0.15, 0.2) is 11.6 Å². The highest BCUT2D eigenvalue weighted by Crippen LogP contribution is 2.36. The lowest BCUT2D eigenvalue weighted by atomic mass is 9.84. The Balaban J connectivity index is 3.44. The van der Waals surface area contributed by atoms with Crippen molar-refractivity contribution in [2.24, 2.45) is 0 Å². The molecule has 17 heavy (non-hydrogen) atoms. The fraction of sp³-hybridized carbons (Fsp3) is 0.500. The lowest BCUT2D eigenvalue weighted by Gasteiger charge is -2.25. The van der Waals surface area contributed by atoms with Crippen LogP contribution in [0.5, 0.6) is 5.75 Å². The number of ether oxygens (including phenoxy) is 1. The van der Waals surface area contributed by atoms with Crippen molar-refractivity contribution in [2.45, 2.75) is 25.7 Å². The van der Waals surface area contributed by atoms with Gasteiger partial charge in [-0.05, 0) is 12.1 Å². The summed E-state index contributed by atoms with van der Waals surface area (Å²) in [7, 11) is 1.26. The van der Waals surface area contributed by atoms with Crippen molar-refractivity contribution in [2.75, 3.05) is 13.7 Å². The van der Waals surface area contributed by atoms with E-state index in [1.54, 1.807) is 13.8 Å². The maximum absolute atomic E-state index is 13.6. The molecule has 0 aromatic heterocycles. The molecule has 2 nitrogen and oxygen atoms in total. The number of rotatable bonds is 4. The number of alkyl halides is 2. The molecule has 1 N–H and O–H groups in total. The molecule has 0 amide bonds. The Hall–Kier alpha value is -1.23. The lowest BCUT2D eigenvalue weighted by Crippen LogP contribution is -2.23. The molecule has 0 radical (unpaired) electrons. The molecule has 0 aliphatic carbocycles. The van der Waals surface area contributed by atoms with Crippen molar-refractivity contribution in [3.8, 4) is 5.75 Å². The number of halogens is 3. The predicted octanol–water partition coefficient (Wildman–Crippen LogP) is 3.04. The second-order valence-corrected chi connectivity index (χ2v) is 4.43. The fourth-order valence-corrected chi connectivity index (χ4v) is 1.54. The van der Waals surface area contributed by atoms with Crippen molar-refractivity contribution in [3.05, 3.63) is 29.1 Å². The van der Waals surface area contributed by atoms with Crippen LogP contribution in [-0.4, -0.2) is 18.8 Å². The van der Waals surface area contributed by atoms with Crippen LogP contribution >= 0.6 is 0 Å². The minimum absolute atomic E-state index is 0.103. The topological polar surface area (TPSA) is 29.5 Å². The van der Waals surface area contributed by atoms with Crippen LogP contribution in [0.15, 0.2) is 12.1 Å². The molecule has 1 aromatic rings. The van der Waals surface area contributed by atoms with Crippen LogP contribution in [0.3, 0.4) is 0 Å². The second kappa shape index (κ2) is 4.96. The van der Waals surface area contributed by atoms with Crippen molar-refractivity contribution in [3.63, 3.8) is 0 Å². The quantitative estimate of drug-likeness (QED) is 0.887. The zero-order chi connectivity index (χ0) is 13.2. The van der Waals surface area contributed by atoms with Crippen LogP contribution in [0.25, 0.3) is 0 Å². The normalized spacial score (nSPS) is 12.0. The van der Waals surface area contributed by atoms with Crippen LogP contribution in [0.2, 0.25) is 0 Å². The summed E-state index contributed by atoms with van der Waals surface area (Å²) in [6.07, 6.45) is -2.76. The smallest absolute Gasteiger partial charge is 0.263 e. The Labute approximate surface area is 98.0 Å². The number of benzene rings is 1. The van der Waals surface area contributed by atoms with Crippen LogP contribution in [0.1, 0.15) is 31.4 Å². The minimum atomic E-state index is -2.76. The Bertz CT molecular complexity index is 403. The molecular weight excluding hydrogens is 233 g/mol. The lowest BCUT2D eigenvalue weighted by molar-refractivity contribution is 0.150. The van der Waals surface area contributed by atoms with Crippen molar-refractivity contribution in [1.82, 2.24) is 0 Å². The van der Waals surface area contributed by atoms with Crippen molar-refractivity contribution in [1.29, 1.82) is 0 Å². The van der Waals surface area contributed by atoms with E-state index in [0.717, 1.165) is 6.07 Å². The van der Waals surface area contributed by atoms with Crippen LogP contribution in [0.4, 0.5) is 13.2 Å². The Morgan fingerprint density at radius 3 is 2.35 bits per heavy atom. The first-order chi connectivity index (χ1) is 7.83. The van der Waals surface area contributed by atoms with Gasteiger partial charge in [0, 0.05) is 16.5 Å². The van der Waals surface area contributed by atoms with Gasteiger partial charge in [0.05, 0.1) is 13.7 Å². The van der Waals surface area contributed by atoms with E-state index in [-0.39, 0.29) is 17.9 Å². The molecule has 0 spiro atoms. The average molecular weight is 248 g/mol. The summed E-state index contributed by atoms with van der Waals surface area (Å²) in [6.45, 7) is 2.95. The third-order valence-corrected chi connectivity index (χ3v) is 2.65. The van der Waals surface area contributed by atoms with Gasteiger partial charge in [0.2, 0.25) is 0 Å². The molecule has 0 aliphatic heterocycles. The third kappa shape index (κ3) is 2.72. The molecule has 5 heteroatoms. The summed E-state index contributed by atoms with van der Waals surface area (Å²) in [4.78, 5) is 0. The highest BCUT2D eigenvalue weighted by molar-refractivity contribution is 5.43. The zero-order valence-corrected chi connectivity index (χ0v) is 9.93. The first kappa shape index (κ1) is 13.8. The van der Waals surface area contributed by atoms with E-state index in [1.807, 2.05) is 0 Å². The van der Waals surface area contributed by atoms with Crippen LogP contribution in [-0.2, 0) is 5.41 Å². The number of aliphatic hydroxyl groups excluding tert-OH is 1. The maximum atomic E-state index is 13.6. The van der Waals surface area contributed by atoms with E-state index in [2.05, 4.69) is 0 Å². The molecule has 0 fully saturated rings. The highest BCUT2D eigenvalue weighted by Gasteiger charge is 2.27. The molecule has 0 saturated heterocycles. The third-order valence-electron chi connectivity index (χ3n) is 2.65. The number of aliphatic hydroxyl groups is 1. The van der Waals surface area contributed by atoms with Gasteiger partial charge in [-0.25, -0.2) is 13.2 Å². The molecular formula is C12H15F3O2. The van der Waals surface area contributed by atoms with Gasteiger partial charge < -0.3 is 9.84 Å². The molecule has 0 atom stereocenters. The standard InChI is InChI=1S/C12H15F3O2/c1-12(2,6-16)8-4-7(11(14)15)5-9(13)10(8)17-3/h4-5,11,16H,6H2,1-3H3. The largest absolute Gasteiger partial charge is 0.493 e. The summed E-state index contributed by atoms with van der Waals surface area (Å²) in [5.41, 5.74) is -1.03. The molecule has 0 heterocycles. The molecule has 0 unspecified atom stereocenters. The predicted molar refractivity (Wildman–Crippen MR) is 58.0 cm³/mol. The van der Waals surface area contributed by atoms with Crippen molar-refractivity contribution < 1.29 is 23.0 Å². The average Bonchev–Trinajstić information content (AvgIpc) is 2.27. The first-order valence-corrected chi connectivity index (χ1v) is 5.10. The first-order valence-electron chi connectivity index (χ1n) is 5.10. The van der Waals surface area contributed by atoms with Gasteiger partial charge in [-0.2, -0.15) is 0 Å². The maximum Gasteiger partial charge on any atom is 0.263 e. The monoisotopic (exact) mass is 248 g/mol. The Morgan fingerprint density at radius 1 is 1.35 bits per heavy atom. The second-order valence-electron chi connectivity index (χ2n) is 4.43.